The number of rotatable bonds is 5. The molecule has 1 N–H and O–H groups in total. The normalized spacial score (nSPS) is 21.2. The molecule has 9 heteroatoms. The molecule has 1 saturated heterocycles. The van der Waals surface area contributed by atoms with E-state index >= 15 is 0 Å². The van der Waals surface area contributed by atoms with Crippen molar-refractivity contribution in [1.82, 2.24) is 19.5 Å². The van der Waals surface area contributed by atoms with Crippen molar-refractivity contribution in [3.8, 4) is 5.75 Å². The van der Waals surface area contributed by atoms with Gasteiger partial charge in [0.05, 0.1) is 31.0 Å². The Morgan fingerprint density at radius 3 is 2.67 bits per heavy atom. The lowest BCUT2D eigenvalue weighted by atomic mass is 9.93. The van der Waals surface area contributed by atoms with Gasteiger partial charge in [-0.15, -0.1) is 0 Å². The standard InChI is InChI=1S/C24H30N6O3/c1-16-25-8-7-22(27-16)28-17-3-5-19(6-4-17)33-21-14-18(30-9-11-32-12-10-30)13-20-24(21)29(2)23(31)15-26-20/h7-8,13-15,17,19H,3-6,9-12H2,1-2H3,(H,25,27,28)/t17-,19+. The van der Waals surface area contributed by atoms with Crippen LogP contribution in [0.2, 0.25) is 0 Å². The average Bonchev–Trinajstić information content (AvgIpc) is 2.83. The maximum atomic E-state index is 12.3. The smallest absolute Gasteiger partial charge is 0.269 e. The summed E-state index contributed by atoms with van der Waals surface area (Å²) >= 11 is 0. The highest BCUT2D eigenvalue weighted by molar-refractivity contribution is 5.85. The van der Waals surface area contributed by atoms with Crippen molar-refractivity contribution in [2.24, 2.45) is 7.05 Å². The van der Waals surface area contributed by atoms with Gasteiger partial charge >= 0.3 is 0 Å². The lowest BCUT2D eigenvalue weighted by Crippen LogP contribution is -2.36. The van der Waals surface area contributed by atoms with Crippen molar-refractivity contribution in [1.29, 1.82) is 0 Å². The zero-order chi connectivity index (χ0) is 22.8. The van der Waals surface area contributed by atoms with Gasteiger partial charge in [0.25, 0.3) is 5.56 Å². The highest BCUT2D eigenvalue weighted by Gasteiger charge is 2.25. The van der Waals surface area contributed by atoms with Crippen LogP contribution in [0, 0.1) is 6.92 Å². The first kappa shape index (κ1) is 21.6. The van der Waals surface area contributed by atoms with Gasteiger partial charge < -0.3 is 24.3 Å². The number of ether oxygens (including phenoxy) is 2. The van der Waals surface area contributed by atoms with Crippen LogP contribution in [0.3, 0.4) is 0 Å². The molecule has 0 atom stereocenters. The lowest BCUT2D eigenvalue weighted by Gasteiger charge is -2.32. The number of nitrogens with zero attached hydrogens (tertiary/aromatic N) is 5. The first-order chi connectivity index (χ1) is 16.1. The van der Waals surface area contributed by atoms with E-state index < -0.39 is 0 Å². The van der Waals surface area contributed by atoms with E-state index in [1.54, 1.807) is 17.8 Å². The van der Waals surface area contributed by atoms with E-state index in [0.29, 0.717) is 19.3 Å². The zero-order valence-electron chi connectivity index (χ0n) is 19.2. The Hall–Kier alpha value is -3.20. The molecule has 174 valence electrons. The van der Waals surface area contributed by atoms with Crippen molar-refractivity contribution in [3.05, 3.63) is 46.8 Å². The molecule has 1 saturated carbocycles. The molecule has 0 amide bonds. The fraction of sp³-hybridized carbons (Fsp3) is 0.500. The number of hydrogen-bond acceptors (Lipinski definition) is 8. The molecule has 0 unspecified atom stereocenters. The molecule has 33 heavy (non-hydrogen) atoms. The minimum absolute atomic E-state index is 0.0913. The number of nitrogens with one attached hydrogen (secondary N) is 1. The van der Waals surface area contributed by atoms with Gasteiger partial charge in [0, 0.05) is 44.1 Å². The van der Waals surface area contributed by atoms with Crippen LogP contribution < -0.4 is 20.5 Å². The van der Waals surface area contributed by atoms with E-state index in [9.17, 15) is 4.79 Å². The molecular weight excluding hydrogens is 420 g/mol. The molecule has 3 heterocycles. The Balaban J connectivity index is 1.34. The average molecular weight is 451 g/mol. The van der Waals surface area contributed by atoms with E-state index in [1.807, 2.05) is 19.1 Å². The second kappa shape index (κ2) is 9.35. The maximum Gasteiger partial charge on any atom is 0.269 e. The van der Waals surface area contributed by atoms with E-state index in [4.69, 9.17) is 9.47 Å². The quantitative estimate of drug-likeness (QED) is 0.634. The highest BCUT2D eigenvalue weighted by Crippen LogP contribution is 2.33. The summed E-state index contributed by atoms with van der Waals surface area (Å²) in [6, 6.07) is 6.37. The molecule has 1 aromatic carbocycles. The van der Waals surface area contributed by atoms with Crippen molar-refractivity contribution in [3.63, 3.8) is 0 Å². The topological polar surface area (TPSA) is 94.4 Å². The molecular formula is C24H30N6O3. The Bertz CT molecular complexity index is 1180. The molecule has 1 aliphatic carbocycles. The Morgan fingerprint density at radius 1 is 1.12 bits per heavy atom. The minimum Gasteiger partial charge on any atom is -0.488 e. The fourth-order valence-corrected chi connectivity index (χ4v) is 4.68. The van der Waals surface area contributed by atoms with Gasteiger partial charge in [0.2, 0.25) is 0 Å². The van der Waals surface area contributed by atoms with Crippen molar-refractivity contribution in [2.45, 2.75) is 44.8 Å². The van der Waals surface area contributed by atoms with Crippen LogP contribution in [-0.2, 0) is 11.8 Å². The predicted molar refractivity (Wildman–Crippen MR) is 127 cm³/mol. The van der Waals surface area contributed by atoms with Crippen molar-refractivity contribution >= 4 is 22.5 Å². The second-order valence-corrected chi connectivity index (χ2v) is 8.79. The fourth-order valence-electron chi connectivity index (χ4n) is 4.68. The second-order valence-electron chi connectivity index (χ2n) is 8.79. The summed E-state index contributed by atoms with van der Waals surface area (Å²) in [5.41, 5.74) is 2.43. The van der Waals surface area contributed by atoms with Crippen LogP contribution in [0.25, 0.3) is 11.0 Å². The molecule has 0 spiro atoms. The molecule has 0 radical (unpaired) electrons. The summed E-state index contributed by atoms with van der Waals surface area (Å²) < 4.78 is 13.7. The first-order valence-electron chi connectivity index (χ1n) is 11.6. The summed E-state index contributed by atoms with van der Waals surface area (Å²) in [4.78, 5) is 27.6. The van der Waals surface area contributed by atoms with Crippen molar-refractivity contribution < 1.29 is 9.47 Å². The number of fused-ring (bicyclic) bond motifs is 1. The van der Waals surface area contributed by atoms with Crippen LogP contribution in [0.1, 0.15) is 31.5 Å². The summed E-state index contributed by atoms with van der Waals surface area (Å²) in [7, 11) is 1.78. The minimum atomic E-state index is -0.139. The third-order valence-corrected chi connectivity index (χ3v) is 6.49. The van der Waals surface area contributed by atoms with Gasteiger partial charge in [0.15, 0.2) is 0 Å². The van der Waals surface area contributed by atoms with Gasteiger partial charge in [-0.05, 0) is 44.7 Å². The number of hydrogen-bond donors (Lipinski definition) is 1. The van der Waals surface area contributed by atoms with Crippen molar-refractivity contribution in [2.75, 3.05) is 36.5 Å². The van der Waals surface area contributed by atoms with Gasteiger partial charge in [-0.2, -0.15) is 0 Å². The molecule has 3 aromatic rings. The van der Waals surface area contributed by atoms with E-state index in [-0.39, 0.29) is 11.7 Å². The number of aryl methyl sites for hydroxylation is 2. The van der Waals surface area contributed by atoms with Crippen LogP contribution >= 0.6 is 0 Å². The van der Waals surface area contributed by atoms with Crippen LogP contribution in [0.4, 0.5) is 11.5 Å². The molecule has 2 fully saturated rings. The molecule has 2 aromatic heterocycles. The van der Waals surface area contributed by atoms with Gasteiger partial charge in [-0.1, -0.05) is 0 Å². The summed E-state index contributed by atoms with van der Waals surface area (Å²) in [6.07, 6.45) is 7.09. The maximum absolute atomic E-state index is 12.3. The SMILES string of the molecule is Cc1nccc(N[C@H]2CC[C@@H](Oc3cc(N4CCOCC4)cc4ncc(=O)n(C)c34)CC2)n1. The van der Waals surface area contributed by atoms with E-state index in [2.05, 4.69) is 31.2 Å². The zero-order valence-corrected chi connectivity index (χ0v) is 19.2. The van der Waals surface area contributed by atoms with Crippen LogP contribution in [0.15, 0.2) is 35.4 Å². The number of morpholine rings is 1. The predicted octanol–water partition coefficient (Wildman–Crippen LogP) is 2.67. The van der Waals surface area contributed by atoms with Gasteiger partial charge in [-0.3, -0.25) is 4.79 Å². The molecule has 5 rings (SSSR count). The van der Waals surface area contributed by atoms with Gasteiger partial charge in [0.1, 0.15) is 22.9 Å². The number of aromatic nitrogens is 4. The van der Waals surface area contributed by atoms with Gasteiger partial charge in [-0.25, -0.2) is 15.0 Å². The third kappa shape index (κ3) is 4.78. The largest absolute Gasteiger partial charge is 0.488 e. The first-order valence-corrected chi connectivity index (χ1v) is 11.6. The molecule has 1 aliphatic heterocycles. The summed E-state index contributed by atoms with van der Waals surface area (Å²) in [5, 5.41) is 3.52. The van der Waals surface area contributed by atoms with E-state index in [0.717, 1.165) is 72.9 Å². The summed E-state index contributed by atoms with van der Waals surface area (Å²) in [5.74, 6) is 2.37. The monoisotopic (exact) mass is 450 g/mol. The number of anilines is 2. The third-order valence-electron chi connectivity index (χ3n) is 6.49. The van der Waals surface area contributed by atoms with Crippen LogP contribution in [-0.4, -0.2) is 58.0 Å². The summed E-state index contributed by atoms with van der Waals surface area (Å²) in [6.45, 7) is 4.97. The molecule has 9 nitrogen and oxygen atoms in total. The Morgan fingerprint density at radius 2 is 1.91 bits per heavy atom. The number of benzene rings is 1. The van der Waals surface area contributed by atoms with E-state index in [1.165, 1.54) is 6.20 Å². The molecule has 0 bridgehead atoms. The molecule has 2 aliphatic rings. The lowest BCUT2D eigenvalue weighted by molar-refractivity contribution is 0.122. The van der Waals surface area contributed by atoms with Crippen LogP contribution in [0.5, 0.6) is 5.75 Å². The Labute approximate surface area is 192 Å². The Kier molecular flexibility index (Phi) is 6.13. The highest BCUT2D eigenvalue weighted by atomic mass is 16.5.